The minimum absolute atomic E-state index is 0.197. The predicted molar refractivity (Wildman–Crippen MR) is 112 cm³/mol. The number of hydrogen-bond donors (Lipinski definition) is 0. The van der Waals surface area contributed by atoms with E-state index in [2.05, 4.69) is 26.8 Å². The third kappa shape index (κ3) is 2.79. The van der Waals surface area contributed by atoms with E-state index in [1.54, 1.807) is 0 Å². The number of Topliss-reactive ketones (excluding diaryl/α,β-unsaturated/α-hetero) is 1. The molecule has 0 aromatic heterocycles. The van der Waals surface area contributed by atoms with Crippen molar-refractivity contribution < 1.29 is 14.3 Å². The minimum atomic E-state index is 0.197. The molecule has 5 fully saturated rings. The van der Waals surface area contributed by atoms with Crippen molar-refractivity contribution >= 4 is 5.78 Å². The Balaban J connectivity index is 1.27. The van der Waals surface area contributed by atoms with Crippen molar-refractivity contribution in [3.05, 3.63) is 11.6 Å². The Bertz CT molecular complexity index is 738. The van der Waals surface area contributed by atoms with Gasteiger partial charge in [0.05, 0.1) is 18.8 Å². The van der Waals surface area contributed by atoms with E-state index >= 15 is 0 Å². The highest BCUT2D eigenvalue weighted by Crippen LogP contribution is 2.70. The summed E-state index contributed by atoms with van der Waals surface area (Å²) in [4.78, 5) is 12.2. The van der Waals surface area contributed by atoms with E-state index in [0.717, 1.165) is 49.0 Å². The van der Waals surface area contributed by atoms with E-state index in [-0.39, 0.29) is 5.41 Å². The van der Waals surface area contributed by atoms with Gasteiger partial charge in [-0.3, -0.25) is 4.79 Å². The summed E-state index contributed by atoms with van der Waals surface area (Å²) in [5.74, 6) is 4.36. The van der Waals surface area contributed by atoms with E-state index in [9.17, 15) is 4.79 Å². The van der Waals surface area contributed by atoms with E-state index in [1.807, 2.05) is 0 Å². The van der Waals surface area contributed by atoms with Gasteiger partial charge in [0.2, 0.25) is 0 Å². The number of ether oxygens (including phenoxy) is 2. The van der Waals surface area contributed by atoms with Crippen LogP contribution in [0.2, 0.25) is 0 Å². The highest BCUT2D eigenvalue weighted by molar-refractivity contribution is 5.80. The van der Waals surface area contributed by atoms with Crippen LogP contribution in [-0.2, 0) is 14.3 Å². The zero-order valence-electron chi connectivity index (χ0n) is 18.5. The first kappa shape index (κ1) is 19.0. The number of ketones is 1. The lowest BCUT2D eigenvalue weighted by atomic mass is 9.47. The third-order valence-electron chi connectivity index (χ3n) is 10.6. The first-order chi connectivity index (χ1) is 13.9. The molecule has 3 heteroatoms. The first-order valence-corrected chi connectivity index (χ1v) is 12.4. The smallest absolute Gasteiger partial charge is 0.136 e. The number of epoxide rings is 2. The normalized spacial score (nSPS) is 53.7. The Kier molecular flexibility index (Phi) is 4.22. The van der Waals surface area contributed by atoms with Gasteiger partial charge in [-0.1, -0.05) is 26.8 Å². The van der Waals surface area contributed by atoms with Crippen LogP contribution in [0.15, 0.2) is 11.6 Å². The Morgan fingerprint density at radius 2 is 2.00 bits per heavy atom. The summed E-state index contributed by atoms with van der Waals surface area (Å²) in [6.07, 6.45) is 14.2. The molecule has 2 saturated heterocycles. The Morgan fingerprint density at radius 3 is 2.79 bits per heavy atom. The van der Waals surface area contributed by atoms with Gasteiger partial charge in [-0.15, -0.1) is 0 Å². The van der Waals surface area contributed by atoms with Crippen LogP contribution in [0.3, 0.4) is 0 Å². The molecule has 3 saturated carbocycles. The number of carbonyl (C=O) groups is 1. The molecule has 0 aromatic carbocycles. The lowest BCUT2D eigenvalue weighted by Gasteiger charge is -2.56. The standard InChI is InChI=1S/C26H38O3/c1-15(4-6-17-14-28-17)18-8-9-19-22-20(11-13-25(18,19)2)26(3)12-10-16(27)5-7-21(26)23-24(22)29-23/h7,15,17-20,22-24H,4-6,8-14H2,1-3H3. The average molecular weight is 399 g/mol. The number of hydrogen-bond acceptors (Lipinski definition) is 3. The van der Waals surface area contributed by atoms with Gasteiger partial charge in [0, 0.05) is 12.8 Å². The summed E-state index contributed by atoms with van der Waals surface area (Å²) < 4.78 is 11.9. The maximum atomic E-state index is 12.2. The second-order valence-electron chi connectivity index (χ2n) is 11.9. The topological polar surface area (TPSA) is 42.1 Å². The maximum Gasteiger partial charge on any atom is 0.136 e. The van der Waals surface area contributed by atoms with Crippen LogP contribution < -0.4 is 0 Å². The lowest BCUT2D eigenvalue weighted by Crippen LogP contribution is -2.53. The van der Waals surface area contributed by atoms with Crippen molar-refractivity contribution in [3.63, 3.8) is 0 Å². The monoisotopic (exact) mass is 398 g/mol. The second kappa shape index (κ2) is 6.42. The van der Waals surface area contributed by atoms with Crippen LogP contribution >= 0.6 is 0 Å². The van der Waals surface area contributed by atoms with Gasteiger partial charge in [-0.2, -0.15) is 0 Å². The molecular formula is C26H38O3. The van der Waals surface area contributed by atoms with Crippen molar-refractivity contribution in [2.24, 2.45) is 40.4 Å². The quantitative estimate of drug-likeness (QED) is 0.475. The van der Waals surface area contributed by atoms with Gasteiger partial charge >= 0.3 is 0 Å². The lowest BCUT2D eigenvalue weighted by molar-refractivity contribution is -0.119. The molecule has 0 aromatic rings. The van der Waals surface area contributed by atoms with Gasteiger partial charge in [-0.25, -0.2) is 0 Å². The second-order valence-corrected chi connectivity index (χ2v) is 11.9. The summed E-state index contributed by atoms with van der Waals surface area (Å²) in [5, 5.41) is 0. The van der Waals surface area contributed by atoms with Crippen LogP contribution in [0, 0.1) is 40.4 Å². The van der Waals surface area contributed by atoms with Gasteiger partial charge in [0.15, 0.2) is 0 Å². The molecule has 2 heterocycles. The zero-order valence-corrected chi connectivity index (χ0v) is 18.5. The van der Waals surface area contributed by atoms with E-state index in [4.69, 9.17) is 9.47 Å². The molecule has 0 radical (unpaired) electrons. The number of allylic oxidation sites excluding steroid dienone is 1. The summed E-state index contributed by atoms with van der Waals surface area (Å²) in [7, 11) is 0. The molecule has 10 atom stereocenters. The summed E-state index contributed by atoms with van der Waals surface area (Å²) in [6, 6.07) is 0. The van der Waals surface area contributed by atoms with Gasteiger partial charge in [0.1, 0.15) is 11.9 Å². The molecule has 3 nitrogen and oxygen atoms in total. The molecular weight excluding hydrogens is 360 g/mol. The van der Waals surface area contributed by atoms with Gasteiger partial charge in [0.25, 0.3) is 0 Å². The Morgan fingerprint density at radius 1 is 1.17 bits per heavy atom. The molecule has 0 spiro atoms. The van der Waals surface area contributed by atoms with Crippen molar-refractivity contribution in [2.45, 2.75) is 96.9 Å². The largest absolute Gasteiger partial charge is 0.373 e. The fraction of sp³-hybridized carbons (Fsp3) is 0.885. The molecule has 160 valence electrons. The van der Waals surface area contributed by atoms with E-state index in [1.165, 1.54) is 44.1 Å². The zero-order chi connectivity index (χ0) is 20.0. The van der Waals surface area contributed by atoms with Crippen molar-refractivity contribution in [2.75, 3.05) is 6.61 Å². The van der Waals surface area contributed by atoms with E-state index < -0.39 is 0 Å². The summed E-state index contributed by atoms with van der Waals surface area (Å²) in [5.41, 5.74) is 2.19. The maximum absolute atomic E-state index is 12.2. The molecule has 0 N–H and O–H groups in total. The summed E-state index contributed by atoms with van der Waals surface area (Å²) in [6.45, 7) is 8.64. The SMILES string of the molecule is CC(CCC1CO1)C1CCC2C3C4OC4C4=CCC(=O)CCC4(C)C3CCC12C. The minimum Gasteiger partial charge on any atom is -0.373 e. The number of carbonyl (C=O) groups excluding carboxylic acids is 1. The fourth-order valence-corrected chi connectivity index (χ4v) is 8.87. The van der Waals surface area contributed by atoms with Crippen molar-refractivity contribution in [1.29, 1.82) is 0 Å². The molecule has 29 heavy (non-hydrogen) atoms. The molecule has 4 aliphatic carbocycles. The van der Waals surface area contributed by atoms with Crippen LogP contribution in [0.25, 0.3) is 0 Å². The van der Waals surface area contributed by atoms with Crippen LogP contribution in [0.4, 0.5) is 0 Å². The number of rotatable bonds is 4. The van der Waals surface area contributed by atoms with Crippen LogP contribution in [0.1, 0.15) is 78.6 Å². The first-order valence-electron chi connectivity index (χ1n) is 12.4. The molecule has 0 bridgehead atoms. The molecule has 6 rings (SSSR count). The van der Waals surface area contributed by atoms with E-state index in [0.29, 0.717) is 35.9 Å². The fourth-order valence-electron chi connectivity index (χ4n) is 8.87. The van der Waals surface area contributed by atoms with Crippen LogP contribution in [-0.4, -0.2) is 30.7 Å². The summed E-state index contributed by atoms with van der Waals surface area (Å²) >= 11 is 0. The highest BCUT2D eigenvalue weighted by atomic mass is 16.6. The van der Waals surface area contributed by atoms with Crippen molar-refractivity contribution in [1.82, 2.24) is 0 Å². The predicted octanol–water partition coefficient (Wildman–Crippen LogP) is 5.33. The van der Waals surface area contributed by atoms with Crippen LogP contribution in [0.5, 0.6) is 0 Å². The molecule has 2 aliphatic heterocycles. The van der Waals surface area contributed by atoms with Crippen molar-refractivity contribution in [3.8, 4) is 0 Å². The van der Waals surface area contributed by atoms with Gasteiger partial charge < -0.3 is 9.47 Å². The average Bonchev–Trinajstić information content (AvgIpc) is 3.59. The number of fused-ring (bicyclic) bond motifs is 8. The Hall–Kier alpha value is -0.670. The molecule has 6 aliphatic rings. The molecule has 0 amide bonds. The molecule has 10 unspecified atom stereocenters. The highest BCUT2D eigenvalue weighted by Gasteiger charge is 2.68. The Labute approximate surface area is 176 Å². The third-order valence-corrected chi connectivity index (χ3v) is 10.6. The van der Waals surface area contributed by atoms with Gasteiger partial charge in [-0.05, 0) is 90.9 Å².